The lowest BCUT2D eigenvalue weighted by Crippen LogP contribution is -2.37. The molecule has 3 unspecified atom stereocenters. The fourth-order valence-corrected chi connectivity index (χ4v) is 4.60. The number of amides is 1. The average molecular weight is 392 g/mol. The van der Waals surface area contributed by atoms with Crippen molar-refractivity contribution in [3.05, 3.63) is 57.1 Å². The van der Waals surface area contributed by atoms with Crippen molar-refractivity contribution in [3.8, 4) is 11.5 Å². The number of benzene rings is 2. The van der Waals surface area contributed by atoms with Crippen molar-refractivity contribution in [3.63, 3.8) is 0 Å². The first-order valence-electron chi connectivity index (χ1n) is 8.53. The van der Waals surface area contributed by atoms with E-state index in [0.29, 0.717) is 28.0 Å². The van der Waals surface area contributed by atoms with E-state index in [1.54, 1.807) is 14.2 Å². The van der Waals surface area contributed by atoms with E-state index in [-0.39, 0.29) is 23.8 Å². The van der Waals surface area contributed by atoms with Gasteiger partial charge in [0.05, 0.1) is 30.3 Å². The third-order valence-electron chi connectivity index (χ3n) is 5.44. The van der Waals surface area contributed by atoms with Crippen molar-refractivity contribution in [2.75, 3.05) is 14.2 Å². The van der Waals surface area contributed by atoms with Gasteiger partial charge in [0.25, 0.3) is 0 Å². The molecule has 1 fully saturated rings. The Balaban J connectivity index is 1.89. The SMILES string of the molecule is COc1cc2c(cc1OC)C(c1ccc(Cl)c(Cl)c1)C1CCC(=O)NC21. The van der Waals surface area contributed by atoms with Crippen LogP contribution in [0.4, 0.5) is 0 Å². The number of fused-ring (bicyclic) bond motifs is 3. The average Bonchev–Trinajstić information content (AvgIpc) is 2.95. The molecule has 0 radical (unpaired) electrons. The molecular weight excluding hydrogens is 373 g/mol. The van der Waals surface area contributed by atoms with Gasteiger partial charge in [-0.25, -0.2) is 0 Å². The molecule has 1 aliphatic carbocycles. The number of ether oxygens (including phenoxy) is 2. The highest BCUT2D eigenvalue weighted by atomic mass is 35.5. The molecule has 0 aromatic heterocycles. The highest BCUT2D eigenvalue weighted by Crippen LogP contribution is 2.54. The minimum atomic E-state index is -0.0366. The summed E-state index contributed by atoms with van der Waals surface area (Å²) < 4.78 is 11.0. The topological polar surface area (TPSA) is 47.6 Å². The first-order chi connectivity index (χ1) is 12.5. The Morgan fingerprint density at radius 2 is 1.69 bits per heavy atom. The van der Waals surface area contributed by atoms with Gasteiger partial charge in [-0.3, -0.25) is 4.79 Å². The summed E-state index contributed by atoms with van der Waals surface area (Å²) in [4.78, 5) is 12.0. The zero-order chi connectivity index (χ0) is 18.4. The van der Waals surface area contributed by atoms with Gasteiger partial charge in [-0.2, -0.15) is 0 Å². The number of carbonyl (C=O) groups excluding carboxylic acids is 1. The maximum atomic E-state index is 12.0. The molecular formula is C20H19Cl2NO3. The number of hydrogen-bond acceptors (Lipinski definition) is 3. The Morgan fingerprint density at radius 1 is 1.00 bits per heavy atom. The highest BCUT2D eigenvalue weighted by molar-refractivity contribution is 6.42. The van der Waals surface area contributed by atoms with Crippen LogP contribution in [0, 0.1) is 5.92 Å². The highest BCUT2D eigenvalue weighted by Gasteiger charge is 2.45. The van der Waals surface area contributed by atoms with E-state index in [1.807, 2.05) is 30.3 Å². The fourth-order valence-electron chi connectivity index (χ4n) is 4.30. The van der Waals surface area contributed by atoms with Gasteiger partial charge < -0.3 is 14.8 Å². The van der Waals surface area contributed by atoms with Crippen LogP contribution in [0.5, 0.6) is 11.5 Å². The van der Waals surface area contributed by atoms with Crippen molar-refractivity contribution < 1.29 is 14.3 Å². The molecule has 1 heterocycles. The maximum Gasteiger partial charge on any atom is 0.220 e. The molecule has 1 aliphatic heterocycles. The summed E-state index contributed by atoms with van der Waals surface area (Å²) in [6, 6.07) is 9.73. The molecule has 1 saturated heterocycles. The van der Waals surface area contributed by atoms with Crippen LogP contribution in [0.1, 0.15) is 41.5 Å². The molecule has 1 N–H and O–H groups in total. The van der Waals surface area contributed by atoms with E-state index < -0.39 is 0 Å². The summed E-state index contributed by atoms with van der Waals surface area (Å²) in [5, 5.41) is 4.23. The molecule has 1 amide bonds. The minimum absolute atomic E-state index is 0.0366. The number of hydrogen-bond donors (Lipinski definition) is 1. The number of halogens is 2. The number of rotatable bonds is 3. The standard InChI is InChI=1S/C20H19Cl2NO3/c1-25-16-8-12-13(9-17(16)26-2)20-11(4-6-18(24)23-20)19(12)10-3-5-14(21)15(22)7-10/h3,5,7-9,11,19-20H,4,6H2,1-2H3,(H,23,24). The van der Waals surface area contributed by atoms with Crippen molar-refractivity contribution in [1.82, 2.24) is 5.32 Å². The molecule has 2 aromatic carbocycles. The van der Waals surface area contributed by atoms with Crippen molar-refractivity contribution in [2.24, 2.45) is 5.92 Å². The van der Waals surface area contributed by atoms with Crippen LogP contribution >= 0.6 is 23.2 Å². The molecule has 4 nitrogen and oxygen atoms in total. The summed E-state index contributed by atoms with van der Waals surface area (Å²) in [5.41, 5.74) is 3.31. The van der Waals surface area contributed by atoms with E-state index in [1.165, 1.54) is 0 Å². The Bertz CT molecular complexity index is 884. The van der Waals surface area contributed by atoms with Crippen LogP contribution in [0.15, 0.2) is 30.3 Å². The third kappa shape index (κ3) is 2.72. The Hall–Kier alpha value is -1.91. The second-order valence-electron chi connectivity index (χ2n) is 6.74. The lowest BCUT2D eigenvalue weighted by atomic mass is 9.80. The molecule has 6 heteroatoms. The van der Waals surface area contributed by atoms with Gasteiger partial charge in [-0.05, 0) is 53.3 Å². The van der Waals surface area contributed by atoms with Crippen molar-refractivity contribution >= 4 is 29.1 Å². The van der Waals surface area contributed by atoms with Crippen molar-refractivity contribution in [2.45, 2.75) is 24.8 Å². The van der Waals surface area contributed by atoms with E-state index in [4.69, 9.17) is 32.7 Å². The first-order valence-corrected chi connectivity index (χ1v) is 9.29. The Labute approximate surface area is 162 Å². The van der Waals surface area contributed by atoms with Gasteiger partial charge in [-0.1, -0.05) is 29.3 Å². The number of carbonyl (C=O) groups is 1. The molecule has 0 bridgehead atoms. The zero-order valence-electron chi connectivity index (χ0n) is 14.5. The first kappa shape index (κ1) is 17.5. The monoisotopic (exact) mass is 391 g/mol. The quantitative estimate of drug-likeness (QED) is 0.822. The van der Waals surface area contributed by atoms with Gasteiger partial charge in [0.1, 0.15) is 0 Å². The number of piperidine rings is 1. The fraction of sp³-hybridized carbons (Fsp3) is 0.350. The van der Waals surface area contributed by atoms with E-state index in [9.17, 15) is 4.79 Å². The van der Waals surface area contributed by atoms with Crippen molar-refractivity contribution in [1.29, 1.82) is 0 Å². The predicted molar refractivity (Wildman–Crippen MR) is 101 cm³/mol. The molecule has 0 spiro atoms. The van der Waals surface area contributed by atoms with Gasteiger partial charge in [0.2, 0.25) is 5.91 Å². The maximum absolute atomic E-state index is 12.0. The van der Waals surface area contributed by atoms with Crippen LogP contribution in [-0.2, 0) is 4.79 Å². The van der Waals surface area contributed by atoms with Gasteiger partial charge in [-0.15, -0.1) is 0 Å². The lowest BCUT2D eigenvalue weighted by Gasteiger charge is -2.30. The summed E-state index contributed by atoms with van der Waals surface area (Å²) in [5.74, 6) is 1.81. The molecule has 4 rings (SSSR count). The Morgan fingerprint density at radius 3 is 2.35 bits per heavy atom. The van der Waals surface area contributed by atoms with Crippen LogP contribution in [-0.4, -0.2) is 20.1 Å². The van der Waals surface area contributed by atoms with E-state index >= 15 is 0 Å². The van der Waals surface area contributed by atoms with Crippen LogP contribution in [0.3, 0.4) is 0 Å². The smallest absolute Gasteiger partial charge is 0.220 e. The minimum Gasteiger partial charge on any atom is -0.493 e. The number of nitrogens with one attached hydrogen (secondary N) is 1. The van der Waals surface area contributed by atoms with E-state index in [2.05, 4.69) is 5.32 Å². The number of methoxy groups -OCH3 is 2. The summed E-state index contributed by atoms with van der Waals surface area (Å²) in [7, 11) is 3.24. The molecule has 3 atom stereocenters. The van der Waals surface area contributed by atoms with Crippen LogP contribution < -0.4 is 14.8 Å². The van der Waals surface area contributed by atoms with Crippen LogP contribution in [0.2, 0.25) is 10.0 Å². The molecule has 2 aliphatic rings. The Kier molecular flexibility index (Phi) is 4.49. The molecule has 136 valence electrons. The predicted octanol–water partition coefficient (Wildman–Crippen LogP) is 4.72. The second kappa shape index (κ2) is 6.67. The lowest BCUT2D eigenvalue weighted by molar-refractivity contribution is -0.124. The van der Waals surface area contributed by atoms with E-state index in [0.717, 1.165) is 23.1 Å². The van der Waals surface area contributed by atoms with Gasteiger partial charge in [0.15, 0.2) is 11.5 Å². The largest absolute Gasteiger partial charge is 0.493 e. The van der Waals surface area contributed by atoms with Gasteiger partial charge >= 0.3 is 0 Å². The zero-order valence-corrected chi connectivity index (χ0v) is 16.0. The van der Waals surface area contributed by atoms with Gasteiger partial charge in [0, 0.05) is 12.3 Å². The summed E-state index contributed by atoms with van der Waals surface area (Å²) in [6.45, 7) is 0. The summed E-state index contributed by atoms with van der Waals surface area (Å²) >= 11 is 12.4. The third-order valence-corrected chi connectivity index (χ3v) is 6.18. The molecule has 0 saturated carbocycles. The molecule has 2 aromatic rings. The van der Waals surface area contributed by atoms with Crippen LogP contribution in [0.25, 0.3) is 0 Å². The second-order valence-corrected chi connectivity index (χ2v) is 7.55. The summed E-state index contributed by atoms with van der Waals surface area (Å²) in [6.07, 6.45) is 1.35. The molecule has 26 heavy (non-hydrogen) atoms. The normalized spacial score (nSPS) is 23.8.